The van der Waals surface area contributed by atoms with Crippen LogP contribution in [-0.4, -0.2) is 58.8 Å². The maximum atomic E-state index is 12.2. The summed E-state index contributed by atoms with van der Waals surface area (Å²) >= 11 is 7.33. The Hall–Kier alpha value is -2.59. The molecule has 1 fully saturated rings. The Balaban J connectivity index is 1.41. The highest BCUT2D eigenvalue weighted by Crippen LogP contribution is 2.24. The number of benzene rings is 1. The Labute approximate surface area is 183 Å². The van der Waals surface area contributed by atoms with E-state index < -0.39 is 0 Å². The van der Waals surface area contributed by atoms with Gasteiger partial charge in [0, 0.05) is 30.9 Å². The van der Waals surface area contributed by atoms with E-state index >= 15 is 0 Å². The molecule has 0 saturated carbocycles. The minimum atomic E-state index is -0.266. The molecule has 156 valence electrons. The van der Waals surface area contributed by atoms with Gasteiger partial charge in [-0.05, 0) is 29.8 Å². The molecule has 4 rings (SSSR count). The van der Waals surface area contributed by atoms with Gasteiger partial charge in [0.25, 0.3) is 5.91 Å². The molecule has 0 bridgehead atoms. The van der Waals surface area contributed by atoms with Crippen molar-refractivity contribution in [1.82, 2.24) is 20.1 Å². The van der Waals surface area contributed by atoms with E-state index in [2.05, 4.69) is 42.8 Å². The van der Waals surface area contributed by atoms with E-state index in [0.717, 1.165) is 31.3 Å². The third kappa shape index (κ3) is 5.31. The maximum absolute atomic E-state index is 12.2. The zero-order valence-electron chi connectivity index (χ0n) is 16.1. The topological polar surface area (TPSA) is 92.3 Å². The number of aromatic nitrogens is 3. The Kier molecular flexibility index (Phi) is 6.85. The summed E-state index contributed by atoms with van der Waals surface area (Å²) in [5.74, 6) is 0.438. The van der Waals surface area contributed by atoms with Crippen LogP contribution in [0.15, 0.2) is 48.1 Å². The molecular weight excluding hydrogens is 424 g/mol. The van der Waals surface area contributed by atoms with Crippen molar-refractivity contribution in [3.05, 3.63) is 64.3 Å². The zero-order valence-corrected chi connectivity index (χ0v) is 17.7. The minimum absolute atomic E-state index is 0.161. The highest BCUT2D eigenvalue weighted by molar-refractivity contribution is 7.13. The van der Waals surface area contributed by atoms with Gasteiger partial charge in [0.2, 0.25) is 5.13 Å². The molecule has 1 aliphatic rings. The fourth-order valence-electron chi connectivity index (χ4n) is 3.26. The van der Waals surface area contributed by atoms with Gasteiger partial charge >= 0.3 is 0 Å². The summed E-state index contributed by atoms with van der Waals surface area (Å²) in [4.78, 5) is 19.0. The molecule has 8 nitrogen and oxygen atoms in total. The first kappa shape index (κ1) is 20.7. The maximum Gasteiger partial charge on any atom is 0.259 e. The van der Waals surface area contributed by atoms with E-state index in [-0.39, 0.29) is 11.9 Å². The van der Waals surface area contributed by atoms with Gasteiger partial charge in [-0.2, -0.15) is 0 Å². The van der Waals surface area contributed by atoms with Crippen molar-refractivity contribution in [2.24, 2.45) is 0 Å². The molecule has 2 aromatic heterocycles. The third-order valence-electron chi connectivity index (χ3n) is 4.82. The Morgan fingerprint density at radius 2 is 2.00 bits per heavy atom. The predicted molar refractivity (Wildman–Crippen MR) is 117 cm³/mol. The average Bonchev–Trinajstić information content (AvgIpc) is 3.29. The zero-order chi connectivity index (χ0) is 20.8. The fraction of sp³-hybridized carbons (Fsp3) is 0.300. The molecule has 0 spiro atoms. The van der Waals surface area contributed by atoms with Crippen molar-refractivity contribution in [2.45, 2.75) is 6.04 Å². The van der Waals surface area contributed by atoms with E-state index in [0.29, 0.717) is 23.1 Å². The molecule has 0 aliphatic carbocycles. The first-order chi connectivity index (χ1) is 14.7. The lowest BCUT2D eigenvalue weighted by atomic mass is 10.0. The van der Waals surface area contributed by atoms with Crippen LogP contribution < -0.4 is 10.6 Å². The largest absolute Gasteiger partial charge is 0.379 e. The van der Waals surface area contributed by atoms with Crippen molar-refractivity contribution in [2.75, 3.05) is 43.5 Å². The monoisotopic (exact) mass is 444 g/mol. The van der Waals surface area contributed by atoms with Gasteiger partial charge in [0.1, 0.15) is 11.3 Å². The van der Waals surface area contributed by atoms with Crippen molar-refractivity contribution in [3.63, 3.8) is 0 Å². The van der Waals surface area contributed by atoms with Gasteiger partial charge in [-0.3, -0.25) is 15.0 Å². The normalized spacial score (nSPS) is 15.5. The van der Waals surface area contributed by atoms with E-state index in [1.807, 2.05) is 12.1 Å². The molecule has 1 aliphatic heterocycles. The second-order valence-corrected chi connectivity index (χ2v) is 8.00. The summed E-state index contributed by atoms with van der Waals surface area (Å²) in [6.07, 6.45) is 1.55. The summed E-state index contributed by atoms with van der Waals surface area (Å²) in [6, 6.07) is 11.6. The first-order valence-corrected chi connectivity index (χ1v) is 10.8. The number of nitrogens with one attached hydrogen (secondary N) is 2. The molecule has 3 heterocycles. The number of ether oxygens (including phenoxy) is 1. The van der Waals surface area contributed by atoms with Gasteiger partial charge in [-0.25, -0.2) is 4.98 Å². The van der Waals surface area contributed by atoms with Crippen molar-refractivity contribution < 1.29 is 9.53 Å². The standard InChI is InChI=1S/C20H21ClN6O2S/c21-16-4-1-14(2-5-16)17(27-7-9-29-10-8-27)12-23-18-6-3-15(11-22-18)19(28)25-20-26-24-13-30-20/h1-6,11,13,17H,7-10,12H2,(H,22,23)(H,25,26,28). The Morgan fingerprint density at radius 1 is 1.20 bits per heavy atom. The van der Waals surface area contributed by atoms with Gasteiger partial charge in [0.15, 0.2) is 0 Å². The quantitative estimate of drug-likeness (QED) is 0.577. The molecule has 10 heteroatoms. The Morgan fingerprint density at radius 3 is 2.67 bits per heavy atom. The molecule has 1 amide bonds. The molecule has 0 radical (unpaired) electrons. The molecule has 30 heavy (non-hydrogen) atoms. The second-order valence-electron chi connectivity index (χ2n) is 6.73. The van der Waals surface area contributed by atoms with Crippen LogP contribution in [0.2, 0.25) is 5.02 Å². The van der Waals surface area contributed by atoms with Crippen molar-refractivity contribution in [1.29, 1.82) is 0 Å². The van der Waals surface area contributed by atoms with Gasteiger partial charge < -0.3 is 10.1 Å². The van der Waals surface area contributed by atoms with Crippen LogP contribution in [0, 0.1) is 0 Å². The highest BCUT2D eigenvalue weighted by Gasteiger charge is 2.22. The first-order valence-electron chi connectivity index (χ1n) is 9.54. The van der Waals surface area contributed by atoms with Crippen LogP contribution in [0.4, 0.5) is 10.9 Å². The predicted octanol–water partition coefficient (Wildman–Crippen LogP) is 3.32. The number of hydrogen-bond donors (Lipinski definition) is 2. The van der Waals surface area contributed by atoms with Gasteiger partial charge in [-0.1, -0.05) is 35.1 Å². The highest BCUT2D eigenvalue weighted by atomic mass is 35.5. The molecule has 1 aromatic carbocycles. The van der Waals surface area contributed by atoms with E-state index in [1.165, 1.54) is 16.9 Å². The number of halogens is 1. The number of carbonyl (C=O) groups excluding carboxylic acids is 1. The SMILES string of the molecule is O=C(Nc1nncs1)c1ccc(NCC(c2ccc(Cl)cc2)N2CCOCC2)nc1. The molecule has 1 unspecified atom stereocenters. The smallest absolute Gasteiger partial charge is 0.259 e. The van der Waals surface area contributed by atoms with Crippen molar-refractivity contribution >= 4 is 39.8 Å². The summed E-state index contributed by atoms with van der Waals surface area (Å²) in [6.45, 7) is 3.85. The molecular formula is C20H21ClN6O2S. The van der Waals surface area contributed by atoms with Crippen LogP contribution in [0.3, 0.4) is 0 Å². The summed E-state index contributed by atoms with van der Waals surface area (Å²) in [5.41, 5.74) is 3.20. The molecule has 3 aromatic rings. The number of pyridine rings is 1. The third-order valence-corrected chi connectivity index (χ3v) is 5.68. The van der Waals surface area contributed by atoms with E-state index in [9.17, 15) is 4.79 Å². The minimum Gasteiger partial charge on any atom is -0.379 e. The average molecular weight is 445 g/mol. The number of carbonyl (C=O) groups is 1. The lowest BCUT2D eigenvalue weighted by Crippen LogP contribution is -2.41. The second kappa shape index (κ2) is 9.94. The lowest BCUT2D eigenvalue weighted by Gasteiger charge is -2.35. The number of morpholine rings is 1. The van der Waals surface area contributed by atoms with Crippen LogP contribution in [0.25, 0.3) is 0 Å². The number of anilines is 2. The molecule has 1 saturated heterocycles. The summed E-state index contributed by atoms with van der Waals surface area (Å²) < 4.78 is 5.50. The lowest BCUT2D eigenvalue weighted by molar-refractivity contribution is 0.0187. The van der Waals surface area contributed by atoms with Gasteiger partial charge in [-0.15, -0.1) is 10.2 Å². The number of nitrogens with zero attached hydrogens (tertiary/aromatic N) is 4. The summed E-state index contributed by atoms with van der Waals surface area (Å²) in [7, 11) is 0. The van der Waals surface area contributed by atoms with Crippen LogP contribution in [0.5, 0.6) is 0 Å². The van der Waals surface area contributed by atoms with E-state index in [4.69, 9.17) is 16.3 Å². The number of rotatable bonds is 7. The summed E-state index contributed by atoms with van der Waals surface area (Å²) in [5, 5.41) is 14.8. The van der Waals surface area contributed by atoms with Crippen molar-refractivity contribution in [3.8, 4) is 0 Å². The molecule has 1 atom stereocenters. The van der Waals surface area contributed by atoms with E-state index in [1.54, 1.807) is 23.8 Å². The number of amides is 1. The molecule has 2 N–H and O–H groups in total. The number of hydrogen-bond acceptors (Lipinski definition) is 8. The van der Waals surface area contributed by atoms with Crippen LogP contribution >= 0.6 is 22.9 Å². The van der Waals surface area contributed by atoms with Crippen LogP contribution in [0.1, 0.15) is 22.0 Å². The Bertz CT molecular complexity index is 946. The fourth-order valence-corrected chi connectivity index (χ4v) is 3.83. The van der Waals surface area contributed by atoms with Gasteiger partial charge in [0.05, 0.1) is 24.8 Å². The van der Waals surface area contributed by atoms with Crippen LogP contribution in [-0.2, 0) is 4.74 Å².